The predicted molar refractivity (Wildman–Crippen MR) is 63.8 cm³/mol. The lowest BCUT2D eigenvalue weighted by Crippen LogP contribution is -2.40. The van der Waals surface area contributed by atoms with E-state index in [0.29, 0.717) is 6.54 Å². The minimum Gasteiger partial charge on any atom is -0.496 e. The van der Waals surface area contributed by atoms with Crippen LogP contribution in [0.3, 0.4) is 0 Å². The second-order valence-electron chi connectivity index (χ2n) is 4.30. The summed E-state index contributed by atoms with van der Waals surface area (Å²) in [5, 5.41) is 0. The summed E-state index contributed by atoms with van der Waals surface area (Å²) in [4.78, 5) is 0. The van der Waals surface area contributed by atoms with Crippen molar-refractivity contribution < 1.29 is 9.47 Å². The average Bonchev–Trinajstić information content (AvgIpc) is 2.39. The molecule has 1 aliphatic rings. The van der Waals surface area contributed by atoms with Gasteiger partial charge in [-0.15, -0.1) is 0 Å². The lowest BCUT2D eigenvalue weighted by molar-refractivity contribution is 0.0521. The molecule has 1 aromatic carbocycles. The number of methoxy groups -OCH3 is 1. The van der Waals surface area contributed by atoms with E-state index in [0.717, 1.165) is 31.8 Å². The normalized spacial score (nSPS) is 19.4. The molecule has 0 radical (unpaired) electrons. The van der Waals surface area contributed by atoms with E-state index in [1.807, 2.05) is 18.2 Å². The van der Waals surface area contributed by atoms with Crippen molar-refractivity contribution in [2.45, 2.75) is 18.3 Å². The third kappa shape index (κ3) is 1.93. The van der Waals surface area contributed by atoms with E-state index in [1.165, 1.54) is 5.56 Å². The lowest BCUT2D eigenvalue weighted by atomic mass is 9.74. The van der Waals surface area contributed by atoms with E-state index < -0.39 is 0 Å². The van der Waals surface area contributed by atoms with Gasteiger partial charge in [0.2, 0.25) is 0 Å². The monoisotopic (exact) mass is 221 g/mol. The van der Waals surface area contributed by atoms with Crippen LogP contribution in [0.2, 0.25) is 0 Å². The van der Waals surface area contributed by atoms with Crippen LogP contribution in [-0.4, -0.2) is 26.9 Å². The molecule has 0 unspecified atom stereocenters. The third-order valence-corrected chi connectivity index (χ3v) is 3.52. The molecule has 1 heterocycles. The molecule has 3 heteroatoms. The highest BCUT2D eigenvalue weighted by atomic mass is 16.5. The minimum atomic E-state index is 0.0326. The molecular weight excluding hydrogens is 202 g/mol. The Morgan fingerprint density at radius 2 is 2.00 bits per heavy atom. The van der Waals surface area contributed by atoms with E-state index in [4.69, 9.17) is 15.2 Å². The summed E-state index contributed by atoms with van der Waals surface area (Å²) in [6, 6.07) is 8.16. The van der Waals surface area contributed by atoms with Gasteiger partial charge in [-0.25, -0.2) is 0 Å². The van der Waals surface area contributed by atoms with E-state index in [-0.39, 0.29) is 5.41 Å². The van der Waals surface area contributed by atoms with Crippen LogP contribution in [-0.2, 0) is 10.2 Å². The number of hydrogen-bond donors (Lipinski definition) is 1. The molecule has 2 rings (SSSR count). The Balaban J connectivity index is 2.38. The minimum absolute atomic E-state index is 0.0326. The summed E-state index contributed by atoms with van der Waals surface area (Å²) in [7, 11) is 1.71. The lowest BCUT2D eigenvalue weighted by Gasteiger charge is -2.37. The SMILES string of the molecule is COc1ccccc1C1(CN)CCOCC1. The fourth-order valence-electron chi connectivity index (χ4n) is 2.43. The first-order valence-corrected chi connectivity index (χ1v) is 5.74. The molecule has 0 atom stereocenters. The van der Waals surface area contributed by atoms with Crippen molar-refractivity contribution in [3.63, 3.8) is 0 Å². The Hall–Kier alpha value is -1.06. The second kappa shape index (κ2) is 4.85. The predicted octanol–water partition coefficient (Wildman–Crippen LogP) is 1.70. The van der Waals surface area contributed by atoms with Crippen LogP contribution in [0.1, 0.15) is 18.4 Å². The molecule has 1 saturated heterocycles. The first-order chi connectivity index (χ1) is 7.82. The summed E-state index contributed by atoms with van der Waals surface area (Å²) in [5.41, 5.74) is 7.24. The Labute approximate surface area is 96.5 Å². The van der Waals surface area contributed by atoms with Crippen LogP contribution in [0.15, 0.2) is 24.3 Å². The van der Waals surface area contributed by atoms with Gasteiger partial charge >= 0.3 is 0 Å². The Morgan fingerprint density at radius 3 is 2.62 bits per heavy atom. The first kappa shape index (κ1) is 11.4. The van der Waals surface area contributed by atoms with Crippen molar-refractivity contribution in [1.29, 1.82) is 0 Å². The molecule has 16 heavy (non-hydrogen) atoms. The molecule has 0 aliphatic carbocycles. The van der Waals surface area contributed by atoms with E-state index in [9.17, 15) is 0 Å². The Bertz CT molecular complexity index is 346. The molecular formula is C13H19NO2. The molecule has 1 aromatic rings. The maximum atomic E-state index is 5.98. The maximum absolute atomic E-state index is 5.98. The fraction of sp³-hybridized carbons (Fsp3) is 0.538. The van der Waals surface area contributed by atoms with Crippen molar-refractivity contribution in [3.05, 3.63) is 29.8 Å². The quantitative estimate of drug-likeness (QED) is 0.845. The topological polar surface area (TPSA) is 44.5 Å². The standard InChI is InChI=1S/C13H19NO2/c1-15-12-5-3-2-4-11(12)13(10-14)6-8-16-9-7-13/h2-5H,6-10,14H2,1H3. The molecule has 0 saturated carbocycles. The van der Waals surface area contributed by atoms with Gasteiger partial charge in [-0.2, -0.15) is 0 Å². The highest BCUT2D eigenvalue weighted by Crippen LogP contribution is 2.38. The molecule has 0 spiro atoms. The van der Waals surface area contributed by atoms with E-state index in [1.54, 1.807) is 7.11 Å². The van der Waals surface area contributed by atoms with Crippen LogP contribution >= 0.6 is 0 Å². The second-order valence-corrected chi connectivity index (χ2v) is 4.30. The molecule has 3 nitrogen and oxygen atoms in total. The zero-order valence-corrected chi connectivity index (χ0v) is 9.74. The van der Waals surface area contributed by atoms with Crippen molar-refractivity contribution >= 4 is 0 Å². The molecule has 1 fully saturated rings. The molecule has 0 aromatic heterocycles. The van der Waals surface area contributed by atoms with Gasteiger partial charge in [0, 0.05) is 30.7 Å². The molecule has 1 aliphatic heterocycles. The van der Waals surface area contributed by atoms with Gasteiger partial charge in [-0.05, 0) is 18.9 Å². The highest BCUT2D eigenvalue weighted by molar-refractivity contribution is 5.40. The van der Waals surface area contributed by atoms with E-state index in [2.05, 4.69) is 6.07 Å². The zero-order chi connectivity index (χ0) is 11.4. The van der Waals surface area contributed by atoms with Crippen molar-refractivity contribution in [1.82, 2.24) is 0 Å². The number of para-hydroxylation sites is 1. The number of rotatable bonds is 3. The molecule has 88 valence electrons. The van der Waals surface area contributed by atoms with Gasteiger partial charge in [0.25, 0.3) is 0 Å². The molecule has 2 N–H and O–H groups in total. The molecule has 0 bridgehead atoms. The van der Waals surface area contributed by atoms with Crippen LogP contribution in [0, 0.1) is 0 Å². The summed E-state index contributed by atoms with van der Waals surface area (Å²) >= 11 is 0. The summed E-state index contributed by atoms with van der Waals surface area (Å²) in [6.45, 7) is 2.22. The summed E-state index contributed by atoms with van der Waals surface area (Å²) < 4.78 is 10.9. The Kier molecular flexibility index (Phi) is 3.46. The number of nitrogens with two attached hydrogens (primary N) is 1. The average molecular weight is 221 g/mol. The van der Waals surface area contributed by atoms with Gasteiger partial charge in [-0.3, -0.25) is 0 Å². The number of ether oxygens (including phenoxy) is 2. The largest absolute Gasteiger partial charge is 0.496 e. The zero-order valence-electron chi connectivity index (χ0n) is 9.74. The van der Waals surface area contributed by atoms with Crippen LogP contribution < -0.4 is 10.5 Å². The maximum Gasteiger partial charge on any atom is 0.122 e. The first-order valence-electron chi connectivity index (χ1n) is 5.74. The van der Waals surface area contributed by atoms with Gasteiger partial charge in [0.1, 0.15) is 5.75 Å². The summed E-state index contributed by atoms with van der Waals surface area (Å²) in [6.07, 6.45) is 1.95. The molecule has 0 amide bonds. The smallest absolute Gasteiger partial charge is 0.122 e. The van der Waals surface area contributed by atoms with Crippen molar-refractivity contribution in [3.8, 4) is 5.75 Å². The van der Waals surface area contributed by atoms with Crippen molar-refractivity contribution in [2.24, 2.45) is 5.73 Å². The van der Waals surface area contributed by atoms with E-state index >= 15 is 0 Å². The van der Waals surface area contributed by atoms with Gasteiger partial charge in [0.05, 0.1) is 7.11 Å². The van der Waals surface area contributed by atoms with Crippen LogP contribution in [0.25, 0.3) is 0 Å². The number of hydrogen-bond acceptors (Lipinski definition) is 3. The van der Waals surface area contributed by atoms with Crippen molar-refractivity contribution in [2.75, 3.05) is 26.9 Å². The van der Waals surface area contributed by atoms with Crippen LogP contribution in [0.5, 0.6) is 5.75 Å². The van der Waals surface area contributed by atoms with Gasteiger partial charge in [0.15, 0.2) is 0 Å². The van der Waals surface area contributed by atoms with Gasteiger partial charge in [-0.1, -0.05) is 18.2 Å². The third-order valence-electron chi connectivity index (χ3n) is 3.52. The number of benzene rings is 1. The van der Waals surface area contributed by atoms with Crippen LogP contribution in [0.4, 0.5) is 0 Å². The highest BCUT2D eigenvalue weighted by Gasteiger charge is 2.35. The Morgan fingerprint density at radius 1 is 1.31 bits per heavy atom. The summed E-state index contributed by atoms with van der Waals surface area (Å²) in [5.74, 6) is 0.940. The van der Waals surface area contributed by atoms with Gasteiger partial charge < -0.3 is 15.2 Å². The fourth-order valence-corrected chi connectivity index (χ4v) is 2.43.